The van der Waals surface area contributed by atoms with Crippen LogP contribution in [0.15, 0.2) is 0 Å². The highest BCUT2D eigenvalue weighted by molar-refractivity contribution is 4.67. The largest absolute Gasteiger partial charge is 0.0776 e. The van der Waals surface area contributed by atoms with E-state index in [0.29, 0.717) is 0 Å². The normalized spacial score (nSPS) is 24.4. The Morgan fingerprint density at radius 2 is 0.957 bits per heavy atom. The molecule has 142 valence electrons. The quantitative estimate of drug-likeness (QED) is 0.452. The molecule has 0 aromatic rings. The molecule has 0 aliphatic heterocycles. The molecule has 0 heterocycles. The van der Waals surface area contributed by atoms with E-state index in [0.717, 1.165) is 17.8 Å². The Bertz CT molecular complexity index is 188. The van der Waals surface area contributed by atoms with Crippen molar-refractivity contribution in [1.29, 1.82) is 0 Å². The van der Waals surface area contributed by atoms with Crippen molar-refractivity contribution < 1.29 is 0 Å². The lowest BCUT2D eigenvalue weighted by Gasteiger charge is -2.24. The first-order valence-electron chi connectivity index (χ1n) is 10.6. The Balaban J connectivity index is 0. The highest BCUT2D eigenvalue weighted by Gasteiger charge is 2.15. The molecule has 0 aromatic heterocycles. The molecular formula is C23H50. The summed E-state index contributed by atoms with van der Waals surface area (Å²) in [4.78, 5) is 0. The van der Waals surface area contributed by atoms with E-state index in [1.807, 2.05) is 0 Å². The van der Waals surface area contributed by atoms with Gasteiger partial charge in [0, 0.05) is 0 Å². The van der Waals surface area contributed by atoms with Crippen molar-refractivity contribution in [1.82, 2.24) is 0 Å². The molecule has 2 saturated carbocycles. The first-order valence-corrected chi connectivity index (χ1v) is 10.6. The van der Waals surface area contributed by atoms with Crippen molar-refractivity contribution in [3.05, 3.63) is 0 Å². The fourth-order valence-corrected chi connectivity index (χ4v) is 3.49. The van der Waals surface area contributed by atoms with Crippen LogP contribution in [0.5, 0.6) is 0 Å². The summed E-state index contributed by atoms with van der Waals surface area (Å²) in [6.45, 7) is 11.6. The zero-order valence-electron chi connectivity index (χ0n) is 16.6. The Morgan fingerprint density at radius 3 is 1.22 bits per heavy atom. The summed E-state index contributed by atoms with van der Waals surface area (Å²) >= 11 is 0. The molecule has 2 fully saturated rings. The third kappa shape index (κ3) is 16.6. The average molecular weight is 327 g/mol. The topological polar surface area (TPSA) is 0 Å². The maximum Gasteiger partial charge on any atom is -0.0417 e. The smallest absolute Gasteiger partial charge is 0.0417 e. The molecule has 0 saturated heterocycles. The van der Waals surface area contributed by atoms with E-state index in [1.165, 1.54) is 89.9 Å². The van der Waals surface area contributed by atoms with Crippen LogP contribution in [0.2, 0.25) is 0 Å². The molecule has 2 aliphatic carbocycles. The molecule has 0 aromatic carbocycles. The standard InChI is InChI=1S/C8H16.C7H14.C7H16.CH4/c1-7-5-3-4-6-8(7)2;1-7-5-3-2-4-6-7;1-3-5-7-6-4-2;/h7-8H,3-6H2,1-2H3;7H,2-6H2,1H3;3-7H2,1-2H3;1H4. The molecule has 0 amide bonds. The lowest BCUT2D eigenvalue weighted by Crippen LogP contribution is -2.12. The van der Waals surface area contributed by atoms with Crippen LogP contribution in [0.25, 0.3) is 0 Å². The van der Waals surface area contributed by atoms with E-state index in [1.54, 1.807) is 0 Å². The van der Waals surface area contributed by atoms with Crippen LogP contribution in [0.1, 0.15) is 132 Å². The second kappa shape index (κ2) is 18.3. The molecule has 0 radical (unpaired) electrons. The predicted octanol–water partition coefficient (Wildman–Crippen LogP) is 9.03. The van der Waals surface area contributed by atoms with E-state index in [9.17, 15) is 0 Å². The van der Waals surface area contributed by atoms with Gasteiger partial charge in [0.25, 0.3) is 0 Å². The van der Waals surface area contributed by atoms with Gasteiger partial charge in [-0.05, 0) is 17.8 Å². The number of hydrogen-bond acceptors (Lipinski definition) is 0. The van der Waals surface area contributed by atoms with Gasteiger partial charge in [-0.2, -0.15) is 0 Å². The van der Waals surface area contributed by atoms with Gasteiger partial charge in [0.1, 0.15) is 0 Å². The Labute approximate surface area is 150 Å². The van der Waals surface area contributed by atoms with Crippen LogP contribution in [-0.2, 0) is 0 Å². The summed E-state index contributed by atoms with van der Waals surface area (Å²) < 4.78 is 0. The van der Waals surface area contributed by atoms with Gasteiger partial charge >= 0.3 is 0 Å². The first kappa shape index (κ1) is 25.2. The maximum atomic E-state index is 2.38. The molecule has 2 unspecified atom stereocenters. The zero-order valence-corrected chi connectivity index (χ0v) is 16.6. The second-order valence-corrected chi connectivity index (χ2v) is 8.04. The zero-order chi connectivity index (χ0) is 16.6. The third-order valence-corrected chi connectivity index (χ3v) is 5.64. The molecule has 0 nitrogen and oxygen atoms in total. The van der Waals surface area contributed by atoms with Crippen molar-refractivity contribution >= 4 is 0 Å². The van der Waals surface area contributed by atoms with Gasteiger partial charge in [-0.1, -0.05) is 132 Å². The van der Waals surface area contributed by atoms with Gasteiger partial charge < -0.3 is 0 Å². The van der Waals surface area contributed by atoms with Gasteiger partial charge in [0.05, 0.1) is 0 Å². The van der Waals surface area contributed by atoms with Crippen molar-refractivity contribution in [3.63, 3.8) is 0 Å². The van der Waals surface area contributed by atoms with Gasteiger partial charge in [-0.15, -0.1) is 0 Å². The molecule has 0 spiro atoms. The molecule has 23 heavy (non-hydrogen) atoms. The Morgan fingerprint density at radius 1 is 0.565 bits per heavy atom. The summed E-state index contributed by atoms with van der Waals surface area (Å²) in [5.41, 5.74) is 0. The van der Waals surface area contributed by atoms with Crippen LogP contribution >= 0.6 is 0 Å². The van der Waals surface area contributed by atoms with E-state index >= 15 is 0 Å². The molecule has 0 heteroatoms. The van der Waals surface area contributed by atoms with Gasteiger partial charge in [0.15, 0.2) is 0 Å². The van der Waals surface area contributed by atoms with Gasteiger partial charge in [-0.25, -0.2) is 0 Å². The predicted molar refractivity (Wildman–Crippen MR) is 110 cm³/mol. The number of hydrogen-bond donors (Lipinski definition) is 0. The SMILES string of the molecule is C.CC1CCCCC1.CC1CCCCC1C.CCCCCCC. The van der Waals surface area contributed by atoms with Crippen molar-refractivity contribution in [2.75, 3.05) is 0 Å². The summed E-state index contributed by atoms with van der Waals surface area (Å²) in [6.07, 6.45) is 20.3. The lowest BCUT2D eigenvalue weighted by atomic mass is 9.82. The fraction of sp³-hybridized carbons (Fsp3) is 1.00. The summed E-state index contributed by atoms with van der Waals surface area (Å²) in [5.74, 6) is 3.04. The fourth-order valence-electron chi connectivity index (χ4n) is 3.49. The van der Waals surface area contributed by atoms with Gasteiger partial charge in [0.2, 0.25) is 0 Å². The number of unbranched alkanes of at least 4 members (excludes halogenated alkanes) is 4. The summed E-state index contributed by atoms with van der Waals surface area (Å²) in [6, 6.07) is 0. The van der Waals surface area contributed by atoms with Crippen LogP contribution in [0.4, 0.5) is 0 Å². The lowest BCUT2D eigenvalue weighted by molar-refractivity contribution is 0.277. The average Bonchev–Trinajstić information content (AvgIpc) is 2.53. The van der Waals surface area contributed by atoms with Crippen LogP contribution in [0, 0.1) is 17.8 Å². The highest BCUT2D eigenvalue weighted by atomic mass is 14.2. The Hall–Kier alpha value is 0. The highest BCUT2D eigenvalue weighted by Crippen LogP contribution is 2.28. The minimum absolute atomic E-state index is 0. The molecule has 0 bridgehead atoms. The maximum absolute atomic E-state index is 2.38. The van der Waals surface area contributed by atoms with E-state index in [2.05, 4.69) is 34.6 Å². The minimum Gasteiger partial charge on any atom is -0.0776 e. The molecular weight excluding hydrogens is 276 g/mol. The summed E-state index contributed by atoms with van der Waals surface area (Å²) in [7, 11) is 0. The van der Waals surface area contributed by atoms with E-state index in [-0.39, 0.29) is 7.43 Å². The Kier molecular flexibility index (Phi) is 20.1. The van der Waals surface area contributed by atoms with Crippen molar-refractivity contribution in [3.8, 4) is 0 Å². The summed E-state index contributed by atoms with van der Waals surface area (Å²) in [5, 5.41) is 0. The van der Waals surface area contributed by atoms with E-state index in [4.69, 9.17) is 0 Å². The molecule has 2 aliphatic rings. The molecule has 2 rings (SSSR count). The second-order valence-electron chi connectivity index (χ2n) is 8.04. The van der Waals surface area contributed by atoms with Gasteiger partial charge in [-0.3, -0.25) is 0 Å². The minimum atomic E-state index is 0. The van der Waals surface area contributed by atoms with Crippen LogP contribution in [-0.4, -0.2) is 0 Å². The monoisotopic (exact) mass is 326 g/mol. The van der Waals surface area contributed by atoms with E-state index < -0.39 is 0 Å². The van der Waals surface area contributed by atoms with Crippen molar-refractivity contribution in [2.45, 2.75) is 132 Å². The molecule has 0 N–H and O–H groups in total. The first-order chi connectivity index (χ1) is 10.6. The van der Waals surface area contributed by atoms with Crippen LogP contribution in [0.3, 0.4) is 0 Å². The number of rotatable bonds is 4. The van der Waals surface area contributed by atoms with Crippen LogP contribution < -0.4 is 0 Å². The third-order valence-electron chi connectivity index (χ3n) is 5.64. The van der Waals surface area contributed by atoms with Crippen molar-refractivity contribution in [2.24, 2.45) is 17.8 Å². The molecule has 2 atom stereocenters.